The van der Waals surface area contributed by atoms with E-state index >= 15 is 0 Å². The van der Waals surface area contributed by atoms with Gasteiger partial charge in [-0.3, -0.25) is 14.6 Å². The Hall–Kier alpha value is -2.37. The number of benzene rings is 2. The normalized spacial score (nSPS) is 17.2. The monoisotopic (exact) mass is 379 g/mol. The molecule has 1 fully saturated rings. The number of piperazine rings is 1. The molecule has 0 aromatic heterocycles. The van der Waals surface area contributed by atoms with E-state index in [2.05, 4.69) is 52.4 Å². The van der Waals surface area contributed by atoms with E-state index in [0.29, 0.717) is 13.1 Å². The van der Waals surface area contributed by atoms with E-state index in [1.807, 2.05) is 12.1 Å². The number of ether oxygens (including phenoxy) is 1. The van der Waals surface area contributed by atoms with Crippen LogP contribution in [0, 0.1) is 6.92 Å². The number of nitrogens with zero attached hydrogens (tertiary/aromatic N) is 2. The van der Waals surface area contributed by atoms with Crippen molar-refractivity contribution in [3.8, 4) is 5.75 Å². The van der Waals surface area contributed by atoms with Crippen LogP contribution in [-0.2, 0) is 24.3 Å². The third kappa shape index (κ3) is 4.72. The van der Waals surface area contributed by atoms with Crippen LogP contribution in [0.1, 0.15) is 22.3 Å². The van der Waals surface area contributed by atoms with Gasteiger partial charge in [0.05, 0.1) is 13.2 Å². The number of hydrogen-bond acceptors (Lipinski definition) is 4. The van der Waals surface area contributed by atoms with Gasteiger partial charge in [0.1, 0.15) is 5.75 Å². The van der Waals surface area contributed by atoms with Crippen molar-refractivity contribution in [1.29, 1.82) is 0 Å². The molecule has 1 saturated heterocycles. The minimum absolute atomic E-state index is 0.107. The van der Waals surface area contributed by atoms with E-state index in [1.165, 1.54) is 22.3 Å². The lowest BCUT2D eigenvalue weighted by atomic mass is 10.1. The first-order chi connectivity index (χ1) is 13.7. The Labute approximate surface area is 167 Å². The molecule has 0 radical (unpaired) electrons. The van der Waals surface area contributed by atoms with Gasteiger partial charge in [-0.1, -0.05) is 36.4 Å². The number of rotatable bonds is 6. The number of aryl methyl sites for hydroxylation is 1. The minimum atomic E-state index is 0.107. The van der Waals surface area contributed by atoms with Crippen molar-refractivity contribution in [2.24, 2.45) is 0 Å². The van der Waals surface area contributed by atoms with Crippen molar-refractivity contribution in [3.63, 3.8) is 0 Å². The summed E-state index contributed by atoms with van der Waals surface area (Å²) in [5, 5.41) is 3.06. The van der Waals surface area contributed by atoms with Crippen molar-refractivity contribution >= 4 is 5.91 Å². The number of nitrogens with one attached hydrogen (secondary N) is 1. The Morgan fingerprint density at radius 2 is 1.86 bits per heavy atom. The molecule has 0 bridgehead atoms. The SMILES string of the molecule is Cc1ccccc1CNC(=O)CN1CCN(Cc2ccc3c(c2)CCO3)CC1. The molecule has 4 rings (SSSR count). The predicted molar refractivity (Wildman–Crippen MR) is 110 cm³/mol. The lowest BCUT2D eigenvalue weighted by molar-refractivity contribution is -0.122. The molecule has 28 heavy (non-hydrogen) atoms. The molecule has 0 aliphatic carbocycles. The summed E-state index contributed by atoms with van der Waals surface area (Å²) in [6, 6.07) is 14.8. The molecule has 2 heterocycles. The lowest BCUT2D eigenvalue weighted by Crippen LogP contribution is -2.49. The Kier molecular flexibility index (Phi) is 5.93. The summed E-state index contributed by atoms with van der Waals surface area (Å²) < 4.78 is 5.59. The van der Waals surface area contributed by atoms with Crippen molar-refractivity contribution in [3.05, 3.63) is 64.7 Å². The zero-order valence-corrected chi connectivity index (χ0v) is 16.6. The summed E-state index contributed by atoms with van der Waals surface area (Å²) in [4.78, 5) is 17.0. The molecule has 0 unspecified atom stereocenters. The smallest absolute Gasteiger partial charge is 0.234 e. The van der Waals surface area contributed by atoms with Gasteiger partial charge in [0.2, 0.25) is 5.91 Å². The van der Waals surface area contributed by atoms with Crippen LogP contribution in [0.25, 0.3) is 0 Å². The standard InChI is InChI=1S/C23H29N3O2/c1-18-4-2-3-5-21(18)15-24-23(27)17-26-11-9-25(10-12-26)16-19-6-7-22-20(14-19)8-13-28-22/h2-7,14H,8-13,15-17H2,1H3,(H,24,27). The number of amides is 1. The molecular weight excluding hydrogens is 350 g/mol. The van der Waals surface area contributed by atoms with E-state index in [-0.39, 0.29) is 5.91 Å². The third-order valence-electron chi connectivity index (χ3n) is 5.73. The second-order valence-corrected chi connectivity index (χ2v) is 7.80. The van der Waals surface area contributed by atoms with Crippen LogP contribution in [0.15, 0.2) is 42.5 Å². The number of hydrogen-bond donors (Lipinski definition) is 1. The van der Waals surface area contributed by atoms with Gasteiger partial charge in [-0.25, -0.2) is 0 Å². The summed E-state index contributed by atoms with van der Waals surface area (Å²) in [7, 11) is 0. The fourth-order valence-electron chi connectivity index (χ4n) is 3.96. The van der Waals surface area contributed by atoms with Crippen LogP contribution in [0.3, 0.4) is 0 Å². The van der Waals surface area contributed by atoms with Crippen molar-refractivity contribution < 1.29 is 9.53 Å². The zero-order valence-electron chi connectivity index (χ0n) is 16.6. The maximum absolute atomic E-state index is 12.3. The van der Waals surface area contributed by atoms with Crippen LogP contribution < -0.4 is 10.1 Å². The Morgan fingerprint density at radius 3 is 2.68 bits per heavy atom. The van der Waals surface area contributed by atoms with E-state index in [9.17, 15) is 4.79 Å². The Morgan fingerprint density at radius 1 is 1.07 bits per heavy atom. The summed E-state index contributed by atoms with van der Waals surface area (Å²) in [6.45, 7) is 8.82. The fourth-order valence-corrected chi connectivity index (χ4v) is 3.96. The van der Waals surface area contributed by atoms with Gasteiger partial charge >= 0.3 is 0 Å². The van der Waals surface area contributed by atoms with E-state index in [1.54, 1.807) is 0 Å². The van der Waals surface area contributed by atoms with E-state index in [0.717, 1.165) is 51.5 Å². The molecule has 0 spiro atoms. The molecular formula is C23H29N3O2. The molecule has 5 nitrogen and oxygen atoms in total. The highest BCUT2D eigenvalue weighted by Gasteiger charge is 2.20. The number of fused-ring (bicyclic) bond motifs is 1. The van der Waals surface area contributed by atoms with Crippen molar-refractivity contribution in [2.45, 2.75) is 26.4 Å². The molecule has 2 aliphatic rings. The first-order valence-corrected chi connectivity index (χ1v) is 10.2. The van der Waals surface area contributed by atoms with Crippen molar-refractivity contribution in [2.75, 3.05) is 39.3 Å². The van der Waals surface area contributed by atoms with Gasteiger partial charge in [-0.2, -0.15) is 0 Å². The molecule has 1 N–H and O–H groups in total. The second-order valence-electron chi connectivity index (χ2n) is 7.80. The average molecular weight is 380 g/mol. The first kappa shape index (κ1) is 19.0. The van der Waals surface area contributed by atoms with Gasteiger partial charge in [0, 0.05) is 45.7 Å². The van der Waals surface area contributed by atoms with Crippen molar-refractivity contribution in [1.82, 2.24) is 15.1 Å². The molecule has 0 saturated carbocycles. The Balaban J connectivity index is 1.20. The predicted octanol–water partition coefficient (Wildman–Crippen LogP) is 2.36. The minimum Gasteiger partial charge on any atom is -0.493 e. The second kappa shape index (κ2) is 8.76. The molecule has 2 aromatic rings. The molecule has 148 valence electrons. The zero-order chi connectivity index (χ0) is 19.3. The summed E-state index contributed by atoms with van der Waals surface area (Å²) in [5.41, 5.74) is 5.09. The van der Waals surface area contributed by atoms with Gasteiger partial charge in [0.25, 0.3) is 0 Å². The van der Waals surface area contributed by atoms with Gasteiger partial charge in [-0.15, -0.1) is 0 Å². The fraction of sp³-hybridized carbons (Fsp3) is 0.435. The molecule has 0 atom stereocenters. The van der Waals surface area contributed by atoms with Gasteiger partial charge in [0.15, 0.2) is 0 Å². The highest BCUT2D eigenvalue weighted by atomic mass is 16.5. The van der Waals surface area contributed by atoms with Crippen LogP contribution in [-0.4, -0.2) is 55.0 Å². The first-order valence-electron chi connectivity index (χ1n) is 10.2. The summed E-state index contributed by atoms with van der Waals surface area (Å²) in [5.74, 6) is 1.15. The van der Waals surface area contributed by atoms with Crippen LogP contribution >= 0.6 is 0 Å². The Bertz CT molecular complexity index is 828. The highest BCUT2D eigenvalue weighted by molar-refractivity contribution is 5.78. The molecule has 2 aliphatic heterocycles. The summed E-state index contributed by atoms with van der Waals surface area (Å²) in [6.07, 6.45) is 1.02. The maximum Gasteiger partial charge on any atom is 0.234 e. The number of carbonyl (C=O) groups excluding carboxylic acids is 1. The molecule has 1 amide bonds. The highest BCUT2D eigenvalue weighted by Crippen LogP contribution is 2.26. The average Bonchev–Trinajstić information content (AvgIpc) is 3.17. The number of carbonyl (C=O) groups is 1. The molecule has 5 heteroatoms. The molecule has 2 aromatic carbocycles. The van der Waals surface area contributed by atoms with Crippen LogP contribution in [0.5, 0.6) is 5.75 Å². The quantitative estimate of drug-likeness (QED) is 0.837. The lowest BCUT2D eigenvalue weighted by Gasteiger charge is -2.34. The van der Waals surface area contributed by atoms with Crippen LogP contribution in [0.4, 0.5) is 0 Å². The maximum atomic E-state index is 12.3. The summed E-state index contributed by atoms with van der Waals surface area (Å²) >= 11 is 0. The third-order valence-corrected chi connectivity index (χ3v) is 5.73. The van der Waals surface area contributed by atoms with Gasteiger partial charge < -0.3 is 10.1 Å². The van der Waals surface area contributed by atoms with E-state index in [4.69, 9.17) is 4.74 Å². The van der Waals surface area contributed by atoms with Gasteiger partial charge in [-0.05, 0) is 35.2 Å². The van der Waals surface area contributed by atoms with Crippen LogP contribution in [0.2, 0.25) is 0 Å². The van der Waals surface area contributed by atoms with E-state index < -0.39 is 0 Å². The largest absolute Gasteiger partial charge is 0.493 e. The topological polar surface area (TPSA) is 44.8 Å².